The SMILES string of the molecule is C.C.C.C#C.C#CC.C=C(C)C(=O)Cl.C=C(C)C(=O)Oc1ccc(COc2ccc(-c3ccc(OC(=O)C(=C)C)cc3)cc2)cc1.CC#CC.CC(=O)Oc1ccc(CBr)cc1.CC(=O)Oc1ccc(COc2ccc(Br)cc2)cc1.OB(O)c1ccc(O)cc1.Oc1ccc(Br)cc1.Oc1ccc(COc2ccc(-c3ccc(O)cc3)cc2)cc1. The standard InChI is InChI=1S/C27H24O5.C19H16O3.C15H13BrO3.C9H9BrO2.C6H7BO3.C6H5BrO.C4H5ClO.C4H6.C3H4.C2H2.3CH4/c1-18(2)26(28)31-24-11-5-20(6-12-24)17-30-23-13-7-21(8-14-23)22-9-15-25(16-10-22)32-27(29)19(3)4;20-17-7-1-14(2-8-17)13-22-19-11-5-16(6-12-19)15-3-9-18(21)10-4-15;1-11(17)19-15-6-2-12(3-7-15)10-18-14-8-4-13(16)5-9-14;1-7(11)12-9-4-2-8(6-10)3-5-9;8-6-3-1-5(2-4-6)7(9)10;7-5-1-3-6(8)4-2-5;1-3(2)4(5)6;1-3-4-2;1-3-2;1-2;;;/h5-16H,1,3,17H2,2,4H3;1-12,20-21H,13H2;2-9H,10H2,1H3;2-5H,6H2,1H3;1-4,8-10H;1-4,8H;1H2,2H3;1-2H3;1H,2H3;1-2H;3*1H4. The molecule has 0 aliphatic carbocycles. The normalized spacial score (nSPS) is 9.05. The van der Waals surface area contributed by atoms with E-state index in [-0.39, 0.29) is 51.5 Å². The Kier molecular flexibility index (Phi) is 57.7. The van der Waals surface area contributed by atoms with Crippen molar-refractivity contribution < 1.29 is 87.6 Å². The maximum atomic E-state index is 11.6. The topological polar surface area (TPSA) is 271 Å². The van der Waals surface area contributed by atoms with E-state index in [1.165, 1.54) is 38.1 Å². The summed E-state index contributed by atoms with van der Waals surface area (Å²) in [5, 5.41) is 53.6. The molecule has 11 aromatic carbocycles. The predicted octanol–water partition coefficient (Wildman–Crippen LogP) is 23.1. The highest BCUT2D eigenvalue weighted by Gasteiger charge is 2.11. The zero-order valence-electron chi connectivity index (χ0n) is 66.3. The van der Waals surface area contributed by atoms with E-state index in [0.29, 0.717) is 70.8 Å². The summed E-state index contributed by atoms with van der Waals surface area (Å²) < 4.78 is 39.4. The monoisotopic (exact) mass is 1850 g/mol. The average Bonchev–Trinajstić information content (AvgIpc) is 0.856. The lowest BCUT2D eigenvalue weighted by Gasteiger charge is -2.09. The molecule has 0 heterocycles. The van der Waals surface area contributed by atoms with Gasteiger partial charge in [-0.05, 0) is 261 Å². The summed E-state index contributed by atoms with van der Waals surface area (Å²) in [7, 11) is -1.46. The summed E-state index contributed by atoms with van der Waals surface area (Å²) >= 11 is 14.8. The van der Waals surface area contributed by atoms with Gasteiger partial charge in [0.2, 0.25) is 5.24 Å². The second-order valence-corrected chi connectivity index (χ2v) is 26.7. The van der Waals surface area contributed by atoms with Crippen molar-refractivity contribution in [3.8, 4) is 123 Å². The highest BCUT2D eigenvalue weighted by Crippen LogP contribution is 2.28. The van der Waals surface area contributed by atoms with E-state index in [1.807, 2.05) is 159 Å². The number of allylic oxidation sites excluding steroid dienone is 1. The van der Waals surface area contributed by atoms with E-state index >= 15 is 0 Å². The lowest BCUT2D eigenvalue weighted by atomic mass is 9.80. The van der Waals surface area contributed by atoms with E-state index in [9.17, 15) is 34.2 Å². The van der Waals surface area contributed by atoms with Gasteiger partial charge in [0.25, 0.3) is 0 Å². The molecule has 0 aliphatic heterocycles. The fourth-order valence-corrected chi connectivity index (χ4v) is 9.14. The lowest BCUT2D eigenvalue weighted by molar-refractivity contribution is -0.132. The molecule has 0 saturated heterocycles. The fourth-order valence-electron chi connectivity index (χ4n) is 8.24. The number of benzene rings is 11. The third kappa shape index (κ3) is 49.2. The Balaban J connectivity index is 0. The zero-order valence-corrected chi connectivity index (χ0v) is 71.8. The summed E-state index contributed by atoms with van der Waals surface area (Å²) in [5.41, 5.74) is 9.70. The second kappa shape index (κ2) is 63.3. The number of aromatic hydroxyl groups is 4. The van der Waals surface area contributed by atoms with E-state index < -0.39 is 24.3 Å². The van der Waals surface area contributed by atoms with Crippen molar-refractivity contribution in [2.75, 3.05) is 0 Å². The number of alkyl halides is 1. The number of phenolic OH excluding ortho intramolecular Hbond substituents is 4. The van der Waals surface area contributed by atoms with Crippen LogP contribution in [0.25, 0.3) is 22.3 Å². The van der Waals surface area contributed by atoms with Crippen LogP contribution in [0.2, 0.25) is 0 Å². The van der Waals surface area contributed by atoms with Crippen molar-refractivity contribution in [3.05, 3.63) is 335 Å². The Morgan fingerprint density at radius 1 is 0.364 bits per heavy atom. The molecule has 634 valence electrons. The molecule has 121 heavy (non-hydrogen) atoms. The average molecular weight is 1850 g/mol. The minimum Gasteiger partial charge on any atom is -0.508 e. The lowest BCUT2D eigenvalue weighted by Crippen LogP contribution is -2.29. The number of rotatable bonds is 20. The minimum absolute atomic E-state index is 0. The van der Waals surface area contributed by atoms with Gasteiger partial charge in [-0.25, -0.2) is 9.59 Å². The molecule has 6 N–H and O–H groups in total. The van der Waals surface area contributed by atoms with Crippen molar-refractivity contribution >= 4 is 101 Å². The van der Waals surface area contributed by atoms with Gasteiger partial charge in [-0.3, -0.25) is 14.4 Å². The number of terminal acetylenes is 2. The molecule has 0 bridgehead atoms. The van der Waals surface area contributed by atoms with Gasteiger partial charge in [0.05, 0.1) is 0 Å². The number of hydrogen-bond acceptors (Lipinski definition) is 18. The number of carbonyl (C=O) groups excluding carboxylic acids is 5. The van der Waals surface area contributed by atoms with Gasteiger partial charge in [-0.15, -0.1) is 37.0 Å². The zero-order chi connectivity index (χ0) is 87.9. The highest BCUT2D eigenvalue weighted by molar-refractivity contribution is 9.10. The number of halogens is 4. The molecular formula is C98H103BBr3ClO18. The maximum Gasteiger partial charge on any atom is 0.488 e. The van der Waals surface area contributed by atoms with Crippen LogP contribution in [0, 0.1) is 37.0 Å². The molecule has 0 atom stereocenters. The molecule has 0 amide bonds. The van der Waals surface area contributed by atoms with Crippen molar-refractivity contribution in [1.29, 1.82) is 0 Å². The third-order valence-electron chi connectivity index (χ3n) is 14.2. The van der Waals surface area contributed by atoms with Gasteiger partial charge in [-0.2, -0.15) is 0 Å². The van der Waals surface area contributed by atoms with Gasteiger partial charge in [0.1, 0.15) is 83.1 Å². The molecule has 0 aromatic heterocycles. The Hall–Kier alpha value is -12.8. The number of hydrogen-bond donors (Lipinski definition) is 6. The van der Waals surface area contributed by atoms with Crippen molar-refractivity contribution in [2.24, 2.45) is 0 Å². The molecule has 11 rings (SSSR count). The van der Waals surface area contributed by atoms with Crippen molar-refractivity contribution in [1.82, 2.24) is 0 Å². The summed E-state index contributed by atoms with van der Waals surface area (Å²) in [6.07, 6.45) is 12.6. The van der Waals surface area contributed by atoms with E-state index in [4.69, 9.17) is 65.0 Å². The largest absolute Gasteiger partial charge is 0.508 e. The highest BCUT2D eigenvalue weighted by atomic mass is 79.9. The van der Waals surface area contributed by atoms with Crippen LogP contribution in [0.3, 0.4) is 0 Å². The molecular weight excluding hydrogens is 1750 g/mol. The van der Waals surface area contributed by atoms with Crippen molar-refractivity contribution in [2.45, 2.75) is 103 Å². The molecule has 18 nitrogen and oxygen atoms in total. The quantitative estimate of drug-likeness (QED) is 0.00787. The Morgan fingerprint density at radius 2 is 0.570 bits per heavy atom. The first-order chi connectivity index (χ1) is 56.3. The summed E-state index contributed by atoms with van der Waals surface area (Å²) in [6.45, 7) is 24.6. The van der Waals surface area contributed by atoms with Gasteiger partial charge >= 0.3 is 31.0 Å². The first-order valence-corrected chi connectivity index (χ1v) is 38.4. The molecule has 0 unspecified atom stereocenters. The molecule has 0 saturated carbocycles. The van der Waals surface area contributed by atoms with Crippen LogP contribution in [0.15, 0.2) is 312 Å². The Morgan fingerprint density at radius 3 is 0.810 bits per heavy atom. The molecule has 0 spiro atoms. The van der Waals surface area contributed by atoms with Crippen LogP contribution < -0.4 is 38.6 Å². The van der Waals surface area contributed by atoms with Gasteiger partial charge < -0.3 is 63.6 Å². The Bertz CT molecular complexity index is 4950. The summed E-state index contributed by atoms with van der Waals surface area (Å²) in [5.74, 6) is 11.4. The van der Waals surface area contributed by atoms with Crippen LogP contribution in [-0.4, -0.2) is 66.7 Å². The maximum absolute atomic E-state index is 11.6. The van der Waals surface area contributed by atoms with Gasteiger partial charge in [0, 0.05) is 44.8 Å². The molecule has 0 fully saturated rings. The predicted molar refractivity (Wildman–Crippen MR) is 499 cm³/mol. The molecule has 23 heteroatoms. The fraction of sp³-hybridized carbons (Fsp3) is 0.153. The number of phenols is 4. The number of carbonyl (C=O) groups is 5. The molecule has 0 radical (unpaired) electrons. The first kappa shape index (κ1) is 110. The number of esters is 4. The van der Waals surface area contributed by atoms with Crippen LogP contribution >= 0.6 is 59.4 Å². The van der Waals surface area contributed by atoms with E-state index in [0.717, 1.165) is 76.0 Å². The Labute approximate surface area is 743 Å². The first-order valence-electron chi connectivity index (χ1n) is 35.3. The van der Waals surface area contributed by atoms with Crippen LogP contribution in [0.1, 0.15) is 99.9 Å². The summed E-state index contributed by atoms with van der Waals surface area (Å²) in [4.78, 5) is 54.3. The second-order valence-electron chi connectivity index (χ2n) is 24.0. The van der Waals surface area contributed by atoms with E-state index in [2.05, 4.69) is 105 Å². The van der Waals surface area contributed by atoms with E-state index in [1.54, 1.807) is 125 Å². The summed E-state index contributed by atoms with van der Waals surface area (Å²) in [6, 6.07) is 78.8. The van der Waals surface area contributed by atoms with Gasteiger partial charge in [-0.1, -0.05) is 199 Å². The minimum atomic E-state index is -1.46. The smallest absolute Gasteiger partial charge is 0.488 e. The molecule has 11 aromatic rings. The third-order valence-corrected chi connectivity index (χ3v) is 16.3. The molecule has 0 aliphatic rings. The van der Waals surface area contributed by atoms with Crippen molar-refractivity contribution in [3.63, 3.8) is 0 Å². The van der Waals surface area contributed by atoms with Gasteiger partial charge in [0.15, 0.2) is 0 Å². The number of ether oxygens (including phenoxy) is 7. The van der Waals surface area contributed by atoms with Crippen LogP contribution in [-0.2, 0) is 49.1 Å². The van der Waals surface area contributed by atoms with Crippen LogP contribution in [0.4, 0.5) is 0 Å². The van der Waals surface area contributed by atoms with Crippen LogP contribution in [0.5, 0.6) is 63.2 Å².